The summed E-state index contributed by atoms with van der Waals surface area (Å²) in [5.41, 5.74) is 0. The fourth-order valence-electron chi connectivity index (χ4n) is 2.13. The molecule has 0 spiro atoms. The fraction of sp³-hybridized carbons (Fsp3) is 1.00. The van der Waals surface area contributed by atoms with Crippen molar-refractivity contribution in [1.29, 1.82) is 0 Å². The molecule has 0 unspecified atom stereocenters. The zero-order valence-corrected chi connectivity index (χ0v) is 18.2. The summed E-state index contributed by atoms with van der Waals surface area (Å²) in [5, 5.41) is 0. The summed E-state index contributed by atoms with van der Waals surface area (Å²) in [4.78, 5) is 0. The van der Waals surface area contributed by atoms with Crippen molar-refractivity contribution in [2.75, 3.05) is 20.0 Å². The first-order valence-electron chi connectivity index (χ1n) is 9.09. The van der Waals surface area contributed by atoms with Crippen LogP contribution in [0.25, 0.3) is 0 Å². The second-order valence-corrected chi connectivity index (χ2v) is 7.52. The van der Waals surface area contributed by atoms with Crippen LogP contribution in [0, 0.1) is 0 Å². The van der Waals surface area contributed by atoms with Crippen LogP contribution in [0.15, 0.2) is 0 Å². The van der Waals surface area contributed by atoms with E-state index in [9.17, 15) is 105 Å². The SMILES string of the molecule is FC(F)C(F)(F)C(F)(F)C(F)(F)C(F)(F)C(F)(F)COCOCC(F)(F)C(F)(F)C(F)(F)C(F)(F)C(F)(F)C(F)F. The van der Waals surface area contributed by atoms with Gasteiger partial charge in [-0.25, -0.2) is 17.6 Å². The van der Waals surface area contributed by atoms with Crippen molar-refractivity contribution in [1.82, 2.24) is 0 Å². The minimum atomic E-state index is -8.07. The van der Waals surface area contributed by atoms with Crippen LogP contribution in [-0.2, 0) is 9.47 Å². The molecule has 0 radical (unpaired) electrons. The maximum absolute atomic E-state index is 13.4. The van der Waals surface area contributed by atoms with Crippen LogP contribution in [0.4, 0.5) is 105 Å². The Kier molecular flexibility index (Phi) is 10.6. The van der Waals surface area contributed by atoms with Crippen molar-refractivity contribution in [3.8, 4) is 0 Å². The molecule has 0 atom stereocenters. The molecule has 0 rings (SSSR count). The van der Waals surface area contributed by atoms with Gasteiger partial charge in [-0.15, -0.1) is 0 Å². The number of rotatable bonds is 16. The average Bonchev–Trinajstić information content (AvgIpc) is 2.77. The highest BCUT2D eigenvalue weighted by atomic mass is 19.4. The third kappa shape index (κ3) is 5.90. The van der Waals surface area contributed by atoms with Crippen molar-refractivity contribution >= 4 is 0 Å². The molecule has 0 aliphatic heterocycles. The number of hydrogen-bond donors (Lipinski definition) is 0. The molecule has 0 saturated carbocycles. The monoisotopic (exact) mass is 676 g/mol. The van der Waals surface area contributed by atoms with Crippen LogP contribution in [0.2, 0.25) is 0 Å². The molecule has 41 heavy (non-hydrogen) atoms. The van der Waals surface area contributed by atoms with Crippen LogP contribution in [0.1, 0.15) is 0 Å². The first-order chi connectivity index (χ1) is 17.6. The number of halogens is 24. The number of ether oxygens (including phenoxy) is 2. The summed E-state index contributed by atoms with van der Waals surface area (Å²) in [5.74, 6) is -76.2. The van der Waals surface area contributed by atoms with Gasteiger partial charge in [0.05, 0.1) is 0 Å². The molecule has 0 aromatic heterocycles. The van der Waals surface area contributed by atoms with Gasteiger partial charge in [0.2, 0.25) is 0 Å². The highest BCUT2D eigenvalue weighted by Crippen LogP contribution is 2.59. The maximum Gasteiger partial charge on any atom is 0.384 e. The van der Waals surface area contributed by atoms with E-state index in [2.05, 4.69) is 9.47 Å². The number of alkyl halides is 24. The molecule has 2 nitrogen and oxygen atoms in total. The normalized spacial score (nSPS) is 16.2. The fourth-order valence-corrected chi connectivity index (χ4v) is 2.13. The Bertz CT molecular complexity index is 808. The zero-order chi connectivity index (χ0) is 33.7. The van der Waals surface area contributed by atoms with Crippen LogP contribution in [0.5, 0.6) is 0 Å². The van der Waals surface area contributed by atoms with Crippen molar-refractivity contribution in [2.24, 2.45) is 0 Å². The minimum Gasteiger partial charge on any atom is -0.349 e. The molecule has 0 aromatic carbocycles. The van der Waals surface area contributed by atoms with Crippen LogP contribution in [0.3, 0.4) is 0 Å². The Morgan fingerprint density at radius 3 is 0.756 bits per heavy atom. The molecule has 248 valence electrons. The lowest BCUT2D eigenvalue weighted by Crippen LogP contribution is -2.69. The molecule has 0 fully saturated rings. The van der Waals surface area contributed by atoms with Gasteiger partial charge in [-0.2, -0.15) is 87.8 Å². The zero-order valence-electron chi connectivity index (χ0n) is 18.2. The van der Waals surface area contributed by atoms with Crippen LogP contribution < -0.4 is 0 Å². The van der Waals surface area contributed by atoms with E-state index < -0.39 is 92.1 Å². The first-order valence-corrected chi connectivity index (χ1v) is 9.09. The van der Waals surface area contributed by atoms with E-state index in [1.807, 2.05) is 0 Å². The van der Waals surface area contributed by atoms with Gasteiger partial charge in [-0.05, 0) is 0 Å². The van der Waals surface area contributed by atoms with E-state index in [1.54, 1.807) is 0 Å². The Hall–Kier alpha value is -1.76. The molecule has 0 heterocycles. The summed E-state index contributed by atoms with van der Waals surface area (Å²) in [6.45, 7) is -9.77. The van der Waals surface area contributed by atoms with Gasteiger partial charge in [0.1, 0.15) is 20.0 Å². The standard InChI is InChI=1S/C15H8F24O2/c16-4(17)8(24,25)12(32,33)14(36,37)10(28,29)6(20,21)1-40-3-41-2-7(22,23)11(30,31)15(38,39)13(34,35)9(26,27)5(18)19/h4-5H,1-3H2. The topological polar surface area (TPSA) is 18.5 Å². The Balaban J connectivity index is 5.69. The Morgan fingerprint density at radius 2 is 0.561 bits per heavy atom. The van der Waals surface area contributed by atoms with Gasteiger partial charge < -0.3 is 9.47 Å². The minimum absolute atomic E-state index is 2.69. The summed E-state index contributed by atoms with van der Waals surface area (Å²) in [7, 11) is 0. The second-order valence-electron chi connectivity index (χ2n) is 7.52. The molecule has 0 amide bonds. The van der Waals surface area contributed by atoms with Crippen molar-refractivity contribution < 1.29 is 115 Å². The quantitative estimate of drug-likeness (QED) is 0.0943. The summed E-state index contributed by atoms with van der Waals surface area (Å²) < 4.78 is 316. The van der Waals surface area contributed by atoms with Crippen LogP contribution >= 0.6 is 0 Å². The molecular weight excluding hydrogens is 668 g/mol. The maximum atomic E-state index is 13.4. The van der Waals surface area contributed by atoms with Gasteiger partial charge in [0.25, 0.3) is 0 Å². The van der Waals surface area contributed by atoms with Gasteiger partial charge in [0, 0.05) is 0 Å². The first kappa shape index (κ1) is 39.2. The lowest BCUT2D eigenvalue weighted by Gasteiger charge is -2.39. The summed E-state index contributed by atoms with van der Waals surface area (Å²) in [6, 6.07) is 0. The van der Waals surface area contributed by atoms with Crippen molar-refractivity contribution in [2.45, 2.75) is 72.1 Å². The van der Waals surface area contributed by atoms with E-state index in [-0.39, 0.29) is 0 Å². The molecule has 0 aliphatic rings. The molecule has 0 bridgehead atoms. The molecule has 0 N–H and O–H groups in total. The summed E-state index contributed by atoms with van der Waals surface area (Å²) in [6.07, 6.45) is -11.7. The van der Waals surface area contributed by atoms with E-state index in [0.717, 1.165) is 0 Å². The van der Waals surface area contributed by atoms with E-state index >= 15 is 0 Å². The molecule has 26 heteroatoms. The van der Waals surface area contributed by atoms with Gasteiger partial charge >= 0.3 is 72.1 Å². The molecule has 0 aromatic rings. The molecular formula is C15H8F24O2. The van der Waals surface area contributed by atoms with E-state index in [4.69, 9.17) is 0 Å². The van der Waals surface area contributed by atoms with Gasteiger partial charge in [-0.1, -0.05) is 0 Å². The van der Waals surface area contributed by atoms with Crippen molar-refractivity contribution in [3.05, 3.63) is 0 Å². The predicted octanol–water partition coefficient (Wildman–Crippen LogP) is 7.86. The van der Waals surface area contributed by atoms with Crippen molar-refractivity contribution in [3.63, 3.8) is 0 Å². The lowest BCUT2D eigenvalue weighted by molar-refractivity contribution is -0.418. The van der Waals surface area contributed by atoms with Gasteiger partial charge in [-0.3, -0.25) is 0 Å². The third-order valence-corrected chi connectivity index (χ3v) is 4.61. The average molecular weight is 676 g/mol. The van der Waals surface area contributed by atoms with E-state index in [0.29, 0.717) is 0 Å². The lowest BCUT2D eigenvalue weighted by atomic mass is 9.94. The van der Waals surface area contributed by atoms with Gasteiger partial charge in [0.15, 0.2) is 0 Å². The number of hydrogen-bond acceptors (Lipinski definition) is 2. The largest absolute Gasteiger partial charge is 0.384 e. The predicted molar refractivity (Wildman–Crippen MR) is 78.2 cm³/mol. The highest BCUT2D eigenvalue weighted by Gasteiger charge is 2.89. The Labute approximate surface area is 208 Å². The smallest absolute Gasteiger partial charge is 0.349 e. The third-order valence-electron chi connectivity index (χ3n) is 4.61. The Morgan fingerprint density at radius 1 is 0.341 bits per heavy atom. The summed E-state index contributed by atoms with van der Waals surface area (Å²) >= 11 is 0. The second kappa shape index (κ2) is 11.1. The highest BCUT2D eigenvalue weighted by molar-refractivity contribution is 5.10. The molecule has 0 saturated heterocycles. The molecule has 0 aliphatic carbocycles. The van der Waals surface area contributed by atoms with Crippen LogP contribution in [-0.4, -0.2) is 92.1 Å². The van der Waals surface area contributed by atoms with E-state index in [1.165, 1.54) is 0 Å².